The van der Waals surface area contributed by atoms with Gasteiger partial charge in [-0.25, -0.2) is 4.39 Å². The maximum Gasteiger partial charge on any atom is 0.222 e. The quantitative estimate of drug-likeness (QED) is 0.814. The summed E-state index contributed by atoms with van der Waals surface area (Å²) in [5.74, 6) is 0.00513. The summed E-state index contributed by atoms with van der Waals surface area (Å²) in [5, 5.41) is 0. The number of benzene rings is 2. The van der Waals surface area contributed by atoms with Gasteiger partial charge >= 0.3 is 0 Å². The predicted molar refractivity (Wildman–Crippen MR) is 102 cm³/mol. The average Bonchev–Trinajstić information content (AvgIpc) is 2.67. The third-order valence-electron chi connectivity index (χ3n) is 5.63. The number of hydrogen-bond acceptors (Lipinski definition) is 2. The van der Waals surface area contributed by atoms with Crippen LogP contribution in [0.3, 0.4) is 0 Å². The van der Waals surface area contributed by atoms with E-state index in [1.165, 1.54) is 11.6 Å². The number of carbonyl (C=O) groups excluding carboxylic acids is 1. The molecule has 2 aromatic rings. The Labute approximate surface area is 155 Å². The number of likely N-dealkylation sites (tertiary alicyclic amines) is 1. The summed E-state index contributed by atoms with van der Waals surface area (Å²) in [6.07, 6.45) is 2.96. The maximum absolute atomic E-state index is 13.7. The molecule has 0 saturated carbocycles. The number of piperidine rings is 1. The molecule has 0 N–H and O–H groups in total. The predicted octanol–water partition coefficient (Wildman–Crippen LogP) is 3.84. The van der Waals surface area contributed by atoms with Gasteiger partial charge in [-0.2, -0.15) is 0 Å². The summed E-state index contributed by atoms with van der Waals surface area (Å²) in [4.78, 5) is 16.7. The molecule has 3 nitrogen and oxygen atoms in total. The summed E-state index contributed by atoms with van der Waals surface area (Å²) in [7, 11) is 4.08. The molecule has 0 bridgehead atoms. The van der Waals surface area contributed by atoms with Crippen LogP contribution in [0.15, 0.2) is 54.6 Å². The Kier molecular flexibility index (Phi) is 5.72. The van der Waals surface area contributed by atoms with Gasteiger partial charge in [-0.05, 0) is 56.6 Å². The van der Waals surface area contributed by atoms with E-state index in [0.717, 1.165) is 24.8 Å². The molecule has 0 unspecified atom stereocenters. The first-order chi connectivity index (χ1) is 12.5. The zero-order valence-electron chi connectivity index (χ0n) is 15.6. The van der Waals surface area contributed by atoms with Crippen LogP contribution in [0.4, 0.5) is 4.39 Å². The number of amides is 1. The molecule has 0 aliphatic carbocycles. The monoisotopic (exact) mass is 354 g/mol. The Morgan fingerprint density at radius 2 is 1.77 bits per heavy atom. The molecule has 26 heavy (non-hydrogen) atoms. The van der Waals surface area contributed by atoms with Crippen LogP contribution in [-0.2, 0) is 16.8 Å². The molecule has 1 saturated heterocycles. The van der Waals surface area contributed by atoms with Crippen molar-refractivity contribution in [2.75, 3.05) is 27.2 Å². The third-order valence-corrected chi connectivity index (χ3v) is 5.63. The standard InChI is InChI=1S/C22H27FN2O/c1-24(2)22(19-9-6-10-20(23)17-19)13-15-25(16-14-22)21(26)12-11-18-7-4-3-5-8-18/h3-10,17H,11-16H2,1-2H3. The molecule has 1 fully saturated rings. The van der Waals surface area contributed by atoms with Crippen molar-refractivity contribution in [3.8, 4) is 0 Å². The van der Waals surface area contributed by atoms with Crippen LogP contribution in [0, 0.1) is 5.82 Å². The van der Waals surface area contributed by atoms with Crippen LogP contribution in [-0.4, -0.2) is 42.9 Å². The normalized spacial score (nSPS) is 16.7. The summed E-state index contributed by atoms with van der Waals surface area (Å²) in [6.45, 7) is 1.42. The van der Waals surface area contributed by atoms with Crippen molar-refractivity contribution in [2.24, 2.45) is 0 Å². The van der Waals surface area contributed by atoms with Crippen molar-refractivity contribution < 1.29 is 9.18 Å². The molecule has 138 valence electrons. The summed E-state index contributed by atoms with van der Waals surface area (Å²) in [6, 6.07) is 17.0. The van der Waals surface area contributed by atoms with Crippen molar-refractivity contribution in [1.82, 2.24) is 9.80 Å². The Hall–Kier alpha value is -2.20. The highest BCUT2D eigenvalue weighted by Gasteiger charge is 2.39. The number of rotatable bonds is 5. The molecular weight excluding hydrogens is 327 g/mol. The second-order valence-corrected chi connectivity index (χ2v) is 7.30. The van der Waals surface area contributed by atoms with Gasteiger partial charge in [0.2, 0.25) is 5.91 Å². The van der Waals surface area contributed by atoms with Crippen LogP contribution in [0.1, 0.15) is 30.4 Å². The molecule has 1 aliphatic heterocycles. The van der Waals surface area contributed by atoms with E-state index < -0.39 is 0 Å². The van der Waals surface area contributed by atoms with Crippen LogP contribution in [0.2, 0.25) is 0 Å². The molecule has 0 atom stereocenters. The SMILES string of the molecule is CN(C)C1(c2cccc(F)c2)CCN(C(=O)CCc2ccccc2)CC1. The molecule has 1 amide bonds. The number of nitrogens with zero attached hydrogens (tertiary/aromatic N) is 2. The zero-order valence-corrected chi connectivity index (χ0v) is 15.6. The minimum absolute atomic E-state index is 0.204. The molecule has 4 heteroatoms. The molecule has 0 spiro atoms. The van der Waals surface area contributed by atoms with E-state index in [2.05, 4.69) is 17.0 Å². The molecule has 1 aliphatic rings. The van der Waals surface area contributed by atoms with Crippen molar-refractivity contribution >= 4 is 5.91 Å². The first-order valence-electron chi connectivity index (χ1n) is 9.26. The first kappa shape index (κ1) is 18.6. The summed E-state index contributed by atoms with van der Waals surface area (Å²) >= 11 is 0. The van der Waals surface area contributed by atoms with Gasteiger partial charge < -0.3 is 4.90 Å². The Morgan fingerprint density at radius 1 is 1.08 bits per heavy atom. The van der Waals surface area contributed by atoms with E-state index in [1.807, 2.05) is 43.3 Å². The number of carbonyl (C=O) groups is 1. The topological polar surface area (TPSA) is 23.6 Å². The Morgan fingerprint density at radius 3 is 2.38 bits per heavy atom. The van der Waals surface area contributed by atoms with Gasteiger partial charge in [0.15, 0.2) is 0 Å². The first-order valence-corrected chi connectivity index (χ1v) is 9.26. The average molecular weight is 354 g/mol. The van der Waals surface area contributed by atoms with E-state index in [-0.39, 0.29) is 17.3 Å². The van der Waals surface area contributed by atoms with E-state index in [9.17, 15) is 9.18 Å². The van der Waals surface area contributed by atoms with Gasteiger partial charge in [0.1, 0.15) is 5.82 Å². The second kappa shape index (κ2) is 8.00. The van der Waals surface area contributed by atoms with E-state index in [1.54, 1.807) is 12.1 Å². The van der Waals surface area contributed by atoms with E-state index in [4.69, 9.17) is 0 Å². The lowest BCUT2D eigenvalue weighted by Crippen LogP contribution is -2.51. The van der Waals surface area contributed by atoms with Gasteiger partial charge in [-0.15, -0.1) is 0 Å². The molecular formula is C22H27FN2O. The number of hydrogen-bond donors (Lipinski definition) is 0. The van der Waals surface area contributed by atoms with Crippen molar-refractivity contribution in [3.63, 3.8) is 0 Å². The lowest BCUT2D eigenvalue weighted by Gasteiger charge is -2.46. The van der Waals surface area contributed by atoms with Crippen LogP contribution in [0.25, 0.3) is 0 Å². The number of halogens is 1. The van der Waals surface area contributed by atoms with E-state index >= 15 is 0 Å². The Balaban J connectivity index is 1.63. The molecule has 0 radical (unpaired) electrons. The highest BCUT2D eigenvalue weighted by atomic mass is 19.1. The smallest absolute Gasteiger partial charge is 0.222 e. The minimum Gasteiger partial charge on any atom is -0.343 e. The summed E-state index contributed by atoms with van der Waals surface area (Å²) in [5.41, 5.74) is 1.98. The zero-order chi connectivity index (χ0) is 18.6. The third kappa shape index (κ3) is 3.96. The van der Waals surface area contributed by atoms with Gasteiger partial charge in [-0.3, -0.25) is 9.69 Å². The van der Waals surface area contributed by atoms with Crippen molar-refractivity contribution in [2.45, 2.75) is 31.2 Å². The minimum atomic E-state index is -0.210. The van der Waals surface area contributed by atoms with Crippen molar-refractivity contribution in [3.05, 3.63) is 71.5 Å². The highest BCUT2D eigenvalue weighted by Crippen LogP contribution is 2.37. The molecule has 0 aromatic heterocycles. The largest absolute Gasteiger partial charge is 0.343 e. The van der Waals surface area contributed by atoms with Crippen LogP contribution in [0.5, 0.6) is 0 Å². The second-order valence-electron chi connectivity index (χ2n) is 7.30. The lowest BCUT2D eigenvalue weighted by molar-refractivity contribution is -0.133. The molecule has 2 aromatic carbocycles. The van der Waals surface area contributed by atoms with Gasteiger partial charge in [-0.1, -0.05) is 42.5 Å². The molecule has 3 rings (SSSR count). The van der Waals surface area contributed by atoms with Gasteiger partial charge in [0, 0.05) is 25.0 Å². The summed E-state index contributed by atoms with van der Waals surface area (Å²) < 4.78 is 13.7. The van der Waals surface area contributed by atoms with Crippen LogP contribution < -0.4 is 0 Å². The lowest BCUT2D eigenvalue weighted by atomic mass is 9.79. The van der Waals surface area contributed by atoms with Gasteiger partial charge in [0.25, 0.3) is 0 Å². The number of aryl methyl sites for hydroxylation is 1. The van der Waals surface area contributed by atoms with Crippen LogP contribution >= 0.6 is 0 Å². The van der Waals surface area contributed by atoms with Gasteiger partial charge in [0.05, 0.1) is 0 Å². The highest BCUT2D eigenvalue weighted by molar-refractivity contribution is 5.76. The fourth-order valence-corrected chi connectivity index (χ4v) is 3.95. The maximum atomic E-state index is 13.7. The fraction of sp³-hybridized carbons (Fsp3) is 0.409. The Bertz CT molecular complexity index is 737. The van der Waals surface area contributed by atoms with Crippen molar-refractivity contribution in [1.29, 1.82) is 0 Å². The fourth-order valence-electron chi connectivity index (χ4n) is 3.95. The van der Waals surface area contributed by atoms with E-state index in [0.29, 0.717) is 19.5 Å². The molecule has 1 heterocycles.